The van der Waals surface area contributed by atoms with Crippen LogP contribution in [0.3, 0.4) is 0 Å². The van der Waals surface area contributed by atoms with Gasteiger partial charge in [-0.3, -0.25) is 0 Å². The average molecular weight is 259 g/mol. The minimum absolute atomic E-state index is 0.136. The second-order valence-electron chi connectivity index (χ2n) is 4.68. The molecule has 0 aromatic heterocycles. The third kappa shape index (κ3) is 2.96. The van der Waals surface area contributed by atoms with E-state index in [0.717, 1.165) is 37.2 Å². The topological polar surface area (TPSA) is 23.5 Å². The van der Waals surface area contributed by atoms with Crippen LogP contribution in [0.1, 0.15) is 18.4 Å². The Morgan fingerprint density at radius 3 is 2.44 bits per heavy atom. The Kier molecular flexibility index (Phi) is 3.80. The lowest BCUT2D eigenvalue weighted by Crippen LogP contribution is -2.36. The summed E-state index contributed by atoms with van der Waals surface area (Å²) >= 11 is 0. The molecule has 2 nitrogen and oxygen atoms in total. The van der Waals surface area contributed by atoms with Gasteiger partial charge in [-0.25, -0.2) is 0 Å². The van der Waals surface area contributed by atoms with E-state index in [1.54, 1.807) is 0 Å². The minimum Gasteiger partial charge on any atom is -0.396 e. The molecular weight excluding hydrogens is 243 g/mol. The highest BCUT2D eigenvalue weighted by Gasteiger charge is 2.30. The lowest BCUT2D eigenvalue weighted by molar-refractivity contribution is -0.137. The van der Waals surface area contributed by atoms with E-state index >= 15 is 0 Å². The molecule has 1 aromatic rings. The summed E-state index contributed by atoms with van der Waals surface area (Å²) < 4.78 is 37.3. The van der Waals surface area contributed by atoms with Crippen LogP contribution in [0.5, 0.6) is 0 Å². The van der Waals surface area contributed by atoms with Crippen LogP contribution >= 0.6 is 0 Å². The van der Waals surface area contributed by atoms with Crippen molar-refractivity contribution < 1.29 is 18.3 Å². The van der Waals surface area contributed by atoms with E-state index in [1.165, 1.54) is 12.1 Å². The maximum absolute atomic E-state index is 12.4. The molecule has 1 aliphatic rings. The molecule has 0 aliphatic carbocycles. The van der Waals surface area contributed by atoms with Crippen molar-refractivity contribution >= 4 is 5.69 Å². The molecule has 1 N–H and O–H groups in total. The highest BCUT2D eigenvalue weighted by Crippen LogP contribution is 2.31. The van der Waals surface area contributed by atoms with Gasteiger partial charge in [0, 0.05) is 25.4 Å². The fourth-order valence-corrected chi connectivity index (χ4v) is 2.31. The molecule has 18 heavy (non-hydrogen) atoms. The predicted octanol–water partition coefficient (Wildman–Crippen LogP) is 2.91. The van der Waals surface area contributed by atoms with E-state index in [0.29, 0.717) is 6.54 Å². The molecule has 1 fully saturated rings. The number of hydrogen-bond acceptors (Lipinski definition) is 2. The van der Waals surface area contributed by atoms with Crippen LogP contribution in [-0.4, -0.2) is 24.8 Å². The number of rotatable bonds is 2. The molecule has 0 spiro atoms. The van der Waals surface area contributed by atoms with Crippen LogP contribution in [0.4, 0.5) is 18.9 Å². The summed E-state index contributed by atoms with van der Waals surface area (Å²) in [6.07, 6.45) is -2.34. The van der Waals surface area contributed by atoms with Gasteiger partial charge in [0.2, 0.25) is 0 Å². The normalized spacial score (nSPS) is 21.1. The van der Waals surface area contributed by atoms with E-state index in [4.69, 9.17) is 5.11 Å². The van der Waals surface area contributed by atoms with Crippen LogP contribution in [0.2, 0.25) is 0 Å². The van der Waals surface area contributed by atoms with Crippen molar-refractivity contribution in [3.05, 3.63) is 29.8 Å². The highest BCUT2D eigenvalue weighted by atomic mass is 19.4. The van der Waals surface area contributed by atoms with Gasteiger partial charge in [-0.2, -0.15) is 13.2 Å². The summed E-state index contributed by atoms with van der Waals surface area (Å²) in [7, 11) is 0. The first-order valence-corrected chi connectivity index (χ1v) is 6.04. The molecule has 5 heteroatoms. The van der Waals surface area contributed by atoms with E-state index in [-0.39, 0.29) is 12.5 Å². The van der Waals surface area contributed by atoms with Gasteiger partial charge in [0.25, 0.3) is 0 Å². The van der Waals surface area contributed by atoms with Gasteiger partial charge in [-0.15, -0.1) is 0 Å². The molecule has 0 bridgehead atoms. The summed E-state index contributed by atoms with van der Waals surface area (Å²) in [5, 5.41) is 9.13. The zero-order valence-electron chi connectivity index (χ0n) is 9.95. The average Bonchev–Trinajstić information content (AvgIpc) is 2.38. The summed E-state index contributed by atoms with van der Waals surface area (Å²) in [6.45, 7) is 1.68. The molecule has 0 radical (unpaired) electrons. The van der Waals surface area contributed by atoms with Crippen molar-refractivity contribution in [2.45, 2.75) is 19.0 Å². The molecule has 0 amide bonds. The molecule has 100 valence electrons. The van der Waals surface area contributed by atoms with Gasteiger partial charge in [-0.1, -0.05) is 0 Å². The van der Waals surface area contributed by atoms with Gasteiger partial charge >= 0.3 is 6.18 Å². The summed E-state index contributed by atoms with van der Waals surface area (Å²) in [6, 6.07) is 5.22. The smallest absolute Gasteiger partial charge is 0.396 e. The molecule has 1 heterocycles. The standard InChI is InChI=1S/C13H16F3NO/c14-13(15,16)11-3-5-12(6-4-11)17-7-1-2-10(8-17)9-18/h3-6,10,18H,1-2,7-9H2. The quantitative estimate of drug-likeness (QED) is 0.882. The molecule has 1 aliphatic heterocycles. The van der Waals surface area contributed by atoms with Crippen molar-refractivity contribution in [3.8, 4) is 0 Å². The number of hydrogen-bond donors (Lipinski definition) is 1. The van der Waals surface area contributed by atoms with Crippen LogP contribution in [0.25, 0.3) is 0 Å². The van der Waals surface area contributed by atoms with Crippen LogP contribution < -0.4 is 4.90 Å². The number of benzene rings is 1. The first kappa shape index (κ1) is 13.2. The van der Waals surface area contributed by atoms with Crippen molar-refractivity contribution in [1.82, 2.24) is 0 Å². The largest absolute Gasteiger partial charge is 0.416 e. The fourth-order valence-electron chi connectivity index (χ4n) is 2.31. The van der Waals surface area contributed by atoms with Crippen molar-refractivity contribution in [2.75, 3.05) is 24.6 Å². The van der Waals surface area contributed by atoms with E-state index < -0.39 is 11.7 Å². The number of piperidine rings is 1. The Morgan fingerprint density at radius 2 is 1.89 bits per heavy atom. The monoisotopic (exact) mass is 259 g/mol. The predicted molar refractivity (Wildman–Crippen MR) is 63.5 cm³/mol. The third-order valence-electron chi connectivity index (χ3n) is 3.34. The van der Waals surface area contributed by atoms with Crippen molar-refractivity contribution in [1.29, 1.82) is 0 Å². The lowest BCUT2D eigenvalue weighted by Gasteiger charge is -2.33. The molecule has 2 rings (SSSR count). The second kappa shape index (κ2) is 5.18. The maximum atomic E-state index is 12.4. The van der Waals surface area contributed by atoms with Crippen molar-refractivity contribution in [3.63, 3.8) is 0 Å². The Bertz CT molecular complexity index is 388. The molecule has 1 saturated heterocycles. The Balaban J connectivity index is 2.09. The van der Waals surface area contributed by atoms with Crippen LogP contribution in [0, 0.1) is 5.92 Å². The van der Waals surface area contributed by atoms with Crippen LogP contribution in [0.15, 0.2) is 24.3 Å². The SMILES string of the molecule is OCC1CCCN(c2ccc(C(F)(F)F)cc2)C1. The third-order valence-corrected chi connectivity index (χ3v) is 3.34. The first-order chi connectivity index (χ1) is 8.50. The highest BCUT2D eigenvalue weighted by molar-refractivity contribution is 5.48. The molecule has 1 aromatic carbocycles. The van der Waals surface area contributed by atoms with Gasteiger partial charge in [0.15, 0.2) is 0 Å². The number of aliphatic hydroxyl groups excluding tert-OH is 1. The number of halogens is 3. The number of aliphatic hydroxyl groups is 1. The zero-order chi connectivity index (χ0) is 13.2. The zero-order valence-corrected chi connectivity index (χ0v) is 9.95. The Hall–Kier alpha value is -1.23. The molecule has 1 atom stereocenters. The van der Waals surface area contributed by atoms with E-state index in [1.807, 2.05) is 4.90 Å². The number of alkyl halides is 3. The van der Waals surface area contributed by atoms with E-state index in [2.05, 4.69) is 0 Å². The summed E-state index contributed by atoms with van der Waals surface area (Å²) in [4.78, 5) is 2.03. The van der Waals surface area contributed by atoms with Gasteiger partial charge in [0.1, 0.15) is 0 Å². The minimum atomic E-state index is -4.28. The fraction of sp³-hybridized carbons (Fsp3) is 0.538. The maximum Gasteiger partial charge on any atom is 0.416 e. The Morgan fingerprint density at radius 1 is 1.22 bits per heavy atom. The number of nitrogens with zero attached hydrogens (tertiary/aromatic N) is 1. The summed E-state index contributed by atoms with van der Waals surface area (Å²) in [5.41, 5.74) is 0.170. The van der Waals surface area contributed by atoms with E-state index in [9.17, 15) is 13.2 Å². The van der Waals surface area contributed by atoms with Gasteiger partial charge < -0.3 is 10.0 Å². The molecule has 1 unspecified atom stereocenters. The van der Waals surface area contributed by atoms with Crippen LogP contribution in [-0.2, 0) is 6.18 Å². The second-order valence-corrected chi connectivity index (χ2v) is 4.68. The van der Waals surface area contributed by atoms with Gasteiger partial charge in [0.05, 0.1) is 5.56 Å². The van der Waals surface area contributed by atoms with Crippen molar-refractivity contribution in [2.24, 2.45) is 5.92 Å². The lowest BCUT2D eigenvalue weighted by atomic mass is 9.98. The first-order valence-electron chi connectivity index (χ1n) is 6.04. The molecular formula is C13H16F3NO. The number of anilines is 1. The summed E-state index contributed by atoms with van der Waals surface area (Å²) in [5.74, 6) is 0.223. The Labute approximate surface area is 104 Å². The molecule has 0 saturated carbocycles. The van der Waals surface area contributed by atoms with Gasteiger partial charge in [-0.05, 0) is 43.0 Å².